The highest BCUT2D eigenvalue weighted by molar-refractivity contribution is 5.83. The number of hydrogen-bond acceptors (Lipinski definition) is 8. The number of carboxylic acids is 3. The van der Waals surface area contributed by atoms with Crippen LogP contribution in [0.5, 0.6) is 0 Å². The van der Waals surface area contributed by atoms with Gasteiger partial charge in [-0.25, -0.2) is 9.59 Å². The predicted octanol–water partition coefficient (Wildman–Crippen LogP) is -2.34. The number of aliphatic hydroxyl groups is 3. The van der Waals surface area contributed by atoms with Gasteiger partial charge in [0, 0.05) is 6.92 Å². The first kappa shape index (κ1) is 33.3. The van der Waals surface area contributed by atoms with Crippen LogP contribution in [0.4, 0.5) is 0 Å². The average molecular weight is 459 g/mol. The molecule has 0 aliphatic rings. The normalized spacial score (nSPS) is 13.9. The molecule has 3 atom stereocenters. The third-order valence-electron chi connectivity index (χ3n) is 3.06. The molecule has 0 amide bonds. The van der Waals surface area contributed by atoms with Gasteiger partial charge in [0.2, 0.25) is 0 Å². The van der Waals surface area contributed by atoms with Gasteiger partial charge in [0.05, 0.1) is 55.3 Å². The van der Waals surface area contributed by atoms with Crippen molar-refractivity contribution in [1.29, 1.82) is 0 Å². The number of likely N-dealkylation sites (N-methyl/N-ethyl adjacent to an activating group) is 2. The summed E-state index contributed by atoms with van der Waals surface area (Å²) in [4.78, 5) is 40.7. The zero-order valence-corrected chi connectivity index (χ0v) is 19.2. The molecule has 0 aromatic rings. The molecule has 0 aliphatic carbocycles. The Bertz CT molecular complexity index is 534. The van der Waals surface area contributed by atoms with Crippen molar-refractivity contribution in [2.24, 2.45) is 0 Å². The molecule has 0 bridgehead atoms. The van der Waals surface area contributed by atoms with Gasteiger partial charge < -0.3 is 44.3 Å². The van der Waals surface area contributed by atoms with E-state index in [0.717, 1.165) is 11.0 Å². The van der Waals surface area contributed by atoms with Gasteiger partial charge in [-0.15, -0.1) is 0 Å². The van der Waals surface area contributed by atoms with Crippen molar-refractivity contribution in [3.05, 3.63) is 0 Å². The number of quaternary nitrogens is 2. The fraction of sp³-hybridized carbons (Fsp3) is 0.778. The van der Waals surface area contributed by atoms with Crippen LogP contribution in [0.1, 0.15) is 13.3 Å². The quantitative estimate of drug-likeness (QED) is 0.151. The van der Waals surface area contributed by atoms with E-state index < -0.39 is 42.2 Å². The number of carboxylic acid groups (broad SMARTS) is 3. The number of aliphatic hydroxyl groups excluding tert-OH is 3. The number of carbonyl (C=O) groups is 4. The Morgan fingerprint density at radius 1 is 0.806 bits per heavy atom. The first-order valence-electron chi connectivity index (χ1n) is 9.16. The number of rotatable bonds is 10. The van der Waals surface area contributed by atoms with Gasteiger partial charge in [0.25, 0.3) is 0 Å². The average Bonchev–Trinajstić information content (AvgIpc) is 2.50. The zero-order valence-electron chi connectivity index (χ0n) is 19.2. The largest absolute Gasteiger partial charge is 0.481 e. The van der Waals surface area contributed by atoms with Gasteiger partial charge in [-0.1, -0.05) is 0 Å². The maximum absolute atomic E-state index is 10.7. The lowest BCUT2D eigenvalue weighted by atomic mass is 10.2. The minimum Gasteiger partial charge on any atom is -0.481 e. The molecule has 0 radical (unpaired) electrons. The van der Waals surface area contributed by atoms with Crippen LogP contribution in [-0.4, -0.2) is 144 Å². The third-order valence-corrected chi connectivity index (χ3v) is 3.06. The summed E-state index contributed by atoms with van der Waals surface area (Å²) in [5.74, 6) is -4.93. The minimum absolute atomic E-state index is 0.144. The number of carbonyl (C=O) groups excluding carboxylic acids is 1. The summed E-state index contributed by atoms with van der Waals surface area (Å²) < 4.78 is 6.31. The third kappa shape index (κ3) is 25.6. The standard InChI is InChI=1S/C9H17NO4.C5H14NO.C4H6O6/c1-7(11)14-8(5-9(12)13)6-10(2,3)4;1-6(2,3)4-5-7;5-1(3(7)8)2(6)4(9)10/h8H,5-6H2,1-4H3;7H,4-5H2,1-3H3;1-2,5-6H,(H,7,8)(H,9,10)/q;+1;/p+1/t8-;;/m1../s1. The van der Waals surface area contributed by atoms with E-state index in [1.54, 1.807) is 0 Å². The molecule has 0 saturated carbocycles. The SMILES string of the molecule is CC(=O)O[C@H](CC(=O)O)C[N+](C)(C)C.C[N+](C)(C)CCO.O=C(O)C(O)C(O)C(=O)O. The molecule has 0 aromatic carbocycles. The van der Waals surface area contributed by atoms with Gasteiger partial charge in [-0.3, -0.25) is 9.59 Å². The Morgan fingerprint density at radius 2 is 1.19 bits per heavy atom. The van der Waals surface area contributed by atoms with Gasteiger partial charge >= 0.3 is 23.9 Å². The highest BCUT2D eigenvalue weighted by Crippen LogP contribution is 2.05. The molecule has 2 unspecified atom stereocenters. The van der Waals surface area contributed by atoms with Crippen molar-refractivity contribution in [3.63, 3.8) is 0 Å². The van der Waals surface area contributed by atoms with Gasteiger partial charge in [0.1, 0.15) is 13.1 Å². The lowest BCUT2D eigenvalue weighted by Crippen LogP contribution is -2.43. The number of ether oxygens (including phenoxy) is 1. The van der Waals surface area contributed by atoms with Crippen LogP contribution in [0.25, 0.3) is 0 Å². The first-order valence-corrected chi connectivity index (χ1v) is 9.16. The Morgan fingerprint density at radius 3 is 1.35 bits per heavy atom. The summed E-state index contributed by atoms with van der Waals surface area (Å²) in [7, 11) is 11.9. The van der Waals surface area contributed by atoms with E-state index >= 15 is 0 Å². The highest BCUT2D eigenvalue weighted by Gasteiger charge is 2.29. The van der Waals surface area contributed by atoms with Crippen LogP contribution in [0, 0.1) is 0 Å². The second-order valence-corrected chi connectivity index (χ2v) is 8.61. The van der Waals surface area contributed by atoms with Gasteiger partial charge in [-0.2, -0.15) is 0 Å². The van der Waals surface area contributed by atoms with Crippen molar-refractivity contribution < 1.29 is 63.5 Å². The second kappa shape index (κ2) is 15.5. The Kier molecular flexibility index (Phi) is 16.6. The Hall–Kier alpha value is -2.32. The van der Waals surface area contributed by atoms with Crippen LogP contribution >= 0.6 is 0 Å². The maximum atomic E-state index is 10.7. The van der Waals surface area contributed by atoms with E-state index in [4.69, 9.17) is 35.4 Å². The molecule has 0 spiro atoms. The Labute approximate surface area is 181 Å². The molecule has 6 N–H and O–H groups in total. The summed E-state index contributed by atoms with van der Waals surface area (Å²) >= 11 is 0. The van der Waals surface area contributed by atoms with E-state index in [1.165, 1.54) is 6.92 Å². The monoisotopic (exact) mass is 458 g/mol. The molecule has 31 heavy (non-hydrogen) atoms. The molecule has 13 nitrogen and oxygen atoms in total. The lowest BCUT2D eigenvalue weighted by Gasteiger charge is -2.28. The summed E-state index contributed by atoms with van der Waals surface area (Å²) in [6, 6.07) is 0. The lowest BCUT2D eigenvalue weighted by molar-refractivity contribution is -0.873. The number of hydrogen-bond donors (Lipinski definition) is 6. The van der Waals surface area contributed by atoms with Crippen molar-refractivity contribution in [2.45, 2.75) is 31.7 Å². The van der Waals surface area contributed by atoms with E-state index in [-0.39, 0.29) is 13.0 Å². The fourth-order valence-electron chi connectivity index (χ4n) is 1.75. The summed E-state index contributed by atoms with van der Waals surface area (Å²) in [6.07, 6.45) is -5.23. The molecule has 0 saturated heterocycles. The van der Waals surface area contributed by atoms with Crippen molar-refractivity contribution in [1.82, 2.24) is 0 Å². The van der Waals surface area contributed by atoms with Crippen molar-refractivity contribution in [3.8, 4) is 0 Å². The fourth-order valence-corrected chi connectivity index (χ4v) is 1.75. The van der Waals surface area contributed by atoms with E-state index in [9.17, 15) is 19.2 Å². The smallest absolute Gasteiger partial charge is 0.335 e. The molecule has 0 heterocycles. The minimum atomic E-state index is -2.27. The van der Waals surface area contributed by atoms with Crippen LogP contribution in [-0.2, 0) is 23.9 Å². The van der Waals surface area contributed by atoms with Crippen LogP contribution in [0.2, 0.25) is 0 Å². The van der Waals surface area contributed by atoms with Gasteiger partial charge in [-0.05, 0) is 0 Å². The van der Waals surface area contributed by atoms with Gasteiger partial charge in [0.15, 0.2) is 18.3 Å². The summed E-state index contributed by atoms with van der Waals surface area (Å²) in [5.41, 5.74) is 0. The molecule has 184 valence electrons. The van der Waals surface area contributed by atoms with Crippen LogP contribution < -0.4 is 0 Å². The molecule has 0 aliphatic heterocycles. The molecule has 13 heteroatoms. The molecule has 0 fully saturated rings. The topological polar surface area (TPSA) is 199 Å². The van der Waals surface area contributed by atoms with Crippen molar-refractivity contribution >= 4 is 23.9 Å². The maximum Gasteiger partial charge on any atom is 0.335 e. The van der Waals surface area contributed by atoms with Crippen molar-refractivity contribution in [2.75, 3.05) is 62.0 Å². The molecule has 0 aromatic heterocycles. The zero-order chi connectivity index (χ0) is 25.6. The summed E-state index contributed by atoms with van der Waals surface area (Å²) in [5, 5.41) is 49.5. The first-order chi connectivity index (χ1) is 13.7. The highest BCUT2D eigenvalue weighted by atomic mass is 16.5. The second-order valence-electron chi connectivity index (χ2n) is 8.61. The molecular formula is C18H38N2O11+2. The van der Waals surface area contributed by atoms with Crippen LogP contribution in [0.15, 0.2) is 0 Å². The molecule has 0 rings (SSSR count). The number of nitrogens with zero attached hydrogens (tertiary/aromatic N) is 2. The van der Waals surface area contributed by atoms with E-state index in [0.29, 0.717) is 11.0 Å². The molecular weight excluding hydrogens is 420 g/mol. The van der Waals surface area contributed by atoms with E-state index in [2.05, 4.69) is 21.1 Å². The number of esters is 1. The predicted molar refractivity (Wildman–Crippen MR) is 108 cm³/mol. The van der Waals surface area contributed by atoms with Crippen LogP contribution in [0.3, 0.4) is 0 Å². The number of aliphatic carboxylic acids is 3. The summed E-state index contributed by atoms with van der Waals surface area (Å²) in [6.45, 7) is 2.89. The Balaban J connectivity index is -0.000000404. The van der Waals surface area contributed by atoms with E-state index in [1.807, 2.05) is 21.1 Å².